The molecule has 1 aliphatic heterocycles. The molecule has 15 heteroatoms. The number of carbonyl (C=O) groups excluding carboxylic acids is 1. The minimum absolute atomic E-state index is 0.105. The number of anilines is 3. The average molecular weight is 709 g/mol. The molecule has 0 bridgehead atoms. The number of pyridine rings is 1. The zero-order valence-electron chi connectivity index (χ0n) is 27.6. The third-order valence-electron chi connectivity index (χ3n) is 9.01. The maximum absolute atomic E-state index is 14.0. The Hall–Kier alpha value is -4.50. The number of nitrogens with one attached hydrogen (secondary N) is 1. The number of alkyl halides is 3. The van der Waals surface area contributed by atoms with E-state index in [0.717, 1.165) is 22.9 Å². The number of aliphatic hydroxyl groups is 1. The van der Waals surface area contributed by atoms with Crippen LogP contribution >= 0.6 is 11.8 Å². The number of hydrogen-bond acceptors (Lipinski definition) is 11. The molecule has 1 saturated carbocycles. The van der Waals surface area contributed by atoms with Crippen molar-refractivity contribution < 1.29 is 27.8 Å². The lowest BCUT2D eigenvalue weighted by atomic mass is 9.90. The number of amides is 1. The maximum Gasteiger partial charge on any atom is 0.421 e. The van der Waals surface area contributed by atoms with Crippen molar-refractivity contribution in [2.75, 3.05) is 34.5 Å². The molecule has 1 aliphatic carbocycles. The summed E-state index contributed by atoms with van der Waals surface area (Å²) in [5.74, 6) is 0.390. The van der Waals surface area contributed by atoms with Gasteiger partial charge in [-0.25, -0.2) is 24.7 Å². The van der Waals surface area contributed by atoms with E-state index in [0.29, 0.717) is 62.5 Å². The second kappa shape index (κ2) is 16.0. The van der Waals surface area contributed by atoms with Crippen LogP contribution in [0.25, 0.3) is 11.1 Å². The molecule has 2 fully saturated rings. The van der Waals surface area contributed by atoms with Gasteiger partial charge in [0.2, 0.25) is 5.95 Å². The van der Waals surface area contributed by atoms with Gasteiger partial charge in [0.15, 0.2) is 5.16 Å². The average Bonchev–Trinajstić information content (AvgIpc) is 3.36. The molecule has 4 heterocycles. The van der Waals surface area contributed by atoms with Crippen molar-refractivity contribution in [1.82, 2.24) is 24.9 Å². The second-order valence-corrected chi connectivity index (χ2v) is 13.2. The van der Waals surface area contributed by atoms with Crippen molar-refractivity contribution in [3.8, 4) is 11.1 Å². The highest BCUT2D eigenvalue weighted by molar-refractivity contribution is 7.98. The lowest BCUT2D eigenvalue weighted by Crippen LogP contribution is -2.45. The molecule has 4 aromatic rings. The van der Waals surface area contributed by atoms with E-state index in [1.54, 1.807) is 34.5 Å². The molecule has 1 saturated heterocycles. The summed E-state index contributed by atoms with van der Waals surface area (Å²) < 4.78 is 47.6. The number of halogens is 3. The highest BCUT2D eigenvalue weighted by Crippen LogP contribution is 2.37. The molecular formula is C35H39F3N8O3S. The normalized spacial score (nSPS) is 19.8. The molecule has 6 rings (SSSR count). The molecule has 1 aromatic carbocycles. The van der Waals surface area contributed by atoms with Crippen LogP contribution in [0.1, 0.15) is 56.1 Å². The molecular weight excluding hydrogens is 669 g/mol. The number of benzene rings is 1. The summed E-state index contributed by atoms with van der Waals surface area (Å²) in [7, 11) is 0. The summed E-state index contributed by atoms with van der Waals surface area (Å²) in [6.07, 6.45) is 6.08. The lowest BCUT2D eigenvalue weighted by molar-refractivity contribution is -0.137. The Morgan fingerprint density at radius 3 is 2.36 bits per heavy atom. The fourth-order valence-corrected chi connectivity index (χ4v) is 6.64. The molecule has 2 N–H and O–H groups in total. The summed E-state index contributed by atoms with van der Waals surface area (Å²) in [5.41, 5.74) is 1.57. The van der Waals surface area contributed by atoms with Crippen LogP contribution in [0.4, 0.5) is 35.5 Å². The number of aliphatic hydroxyl groups excluding tert-OH is 1. The lowest BCUT2D eigenvalue weighted by Gasteiger charge is -2.36. The highest BCUT2D eigenvalue weighted by Gasteiger charge is 2.38. The fraction of sp³-hybridized carbons (Fsp3) is 0.429. The van der Waals surface area contributed by atoms with E-state index in [9.17, 15) is 23.1 Å². The number of thioether (sulfide) groups is 1. The van der Waals surface area contributed by atoms with E-state index in [2.05, 4.69) is 30.2 Å². The van der Waals surface area contributed by atoms with Gasteiger partial charge in [0.25, 0.3) is 0 Å². The van der Waals surface area contributed by atoms with Gasteiger partial charge in [-0.15, -0.1) is 0 Å². The van der Waals surface area contributed by atoms with Crippen molar-refractivity contribution >= 4 is 35.4 Å². The zero-order chi connectivity index (χ0) is 35.1. The number of rotatable bonds is 9. The van der Waals surface area contributed by atoms with E-state index in [1.165, 1.54) is 11.8 Å². The number of ether oxygens (including phenoxy) is 1. The summed E-state index contributed by atoms with van der Waals surface area (Å²) in [4.78, 5) is 38.5. The van der Waals surface area contributed by atoms with Crippen LogP contribution in [-0.4, -0.2) is 73.7 Å². The predicted molar refractivity (Wildman–Crippen MR) is 185 cm³/mol. The summed E-state index contributed by atoms with van der Waals surface area (Å²) in [5, 5.41) is 14.0. The van der Waals surface area contributed by atoms with Crippen molar-refractivity contribution in [2.45, 2.75) is 81.1 Å². The van der Waals surface area contributed by atoms with Crippen molar-refractivity contribution in [3.63, 3.8) is 0 Å². The Morgan fingerprint density at radius 2 is 1.68 bits per heavy atom. The van der Waals surface area contributed by atoms with Crippen LogP contribution in [-0.2, 0) is 17.5 Å². The SMILES string of the molecule is CSc1ncc(-c2ccc(N(C(=O)OCc3ccccc3)[C@H]3CC[C@H](Nc4ncc(C(F)(F)F)c(N5CCCC(O)CC5)n4)CC3)nc2)cn1. The van der Waals surface area contributed by atoms with E-state index in [4.69, 9.17) is 4.74 Å². The molecule has 2 aliphatic rings. The highest BCUT2D eigenvalue weighted by atomic mass is 32.2. The van der Waals surface area contributed by atoms with Gasteiger partial charge in [0.05, 0.1) is 6.10 Å². The predicted octanol–water partition coefficient (Wildman–Crippen LogP) is 6.99. The van der Waals surface area contributed by atoms with Gasteiger partial charge in [0.1, 0.15) is 23.8 Å². The van der Waals surface area contributed by atoms with Gasteiger partial charge < -0.3 is 20.1 Å². The summed E-state index contributed by atoms with van der Waals surface area (Å²) >= 11 is 1.45. The second-order valence-electron chi connectivity index (χ2n) is 12.4. The van der Waals surface area contributed by atoms with Crippen LogP contribution in [0, 0.1) is 0 Å². The van der Waals surface area contributed by atoms with Gasteiger partial charge in [-0.05, 0) is 68.9 Å². The Bertz CT molecular complexity index is 1710. The van der Waals surface area contributed by atoms with Crippen molar-refractivity contribution in [3.05, 3.63) is 78.4 Å². The molecule has 1 atom stereocenters. The third-order valence-corrected chi connectivity index (χ3v) is 9.58. The Morgan fingerprint density at radius 1 is 0.940 bits per heavy atom. The smallest absolute Gasteiger partial charge is 0.421 e. The molecule has 264 valence electrons. The number of nitrogens with zero attached hydrogens (tertiary/aromatic N) is 7. The molecule has 11 nitrogen and oxygen atoms in total. The number of aromatic nitrogens is 5. The zero-order valence-corrected chi connectivity index (χ0v) is 28.4. The fourth-order valence-electron chi connectivity index (χ4n) is 6.32. The Kier molecular flexibility index (Phi) is 11.3. The quantitative estimate of drug-likeness (QED) is 0.138. The van der Waals surface area contributed by atoms with Gasteiger partial charge in [-0.1, -0.05) is 42.1 Å². The minimum atomic E-state index is -4.62. The van der Waals surface area contributed by atoms with Crippen molar-refractivity contribution in [1.29, 1.82) is 0 Å². The van der Waals surface area contributed by atoms with E-state index < -0.39 is 23.9 Å². The van der Waals surface area contributed by atoms with E-state index in [-0.39, 0.29) is 37.0 Å². The Labute approximate surface area is 292 Å². The Balaban J connectivity index is 1.16. The van der Waals surface area contributed by atoms with Crippen LogP contribution in [0.3, 0.4) is 0 Å². The number of hydrogen-bond donors (Lipinski definition) is 2. The van der Waals surface area contributed by atoms with Crippen molar-refractivity contribution in [2.24, 2.45) is 0 Å². The molecule has 0 radical (unpaired) electrons. The van der Waals surface area contributed by atoms with Gasteiger partial charge in [-0.2, -0.15) is 18.2 Å². The first kappa shape index (κ1) is 35.3. The maximum atomic E-state index is 14.0. The van der Waals surface area contributed by atoms with E-state index >= 15 is 0 Å². The molecule has 50 heavy (non-hydrogen) atoms. The van der Waals surface area contributed by atoms with Gasteiger partial charge in [-0.3, -0.25) is 4.90 Å². The minimum Gasteiger partial charge on any atom is -0.444 e. The topological polar surface area (TPSA) is 129 Å². The number of carbonyl (C=O) groups is 1. The van der Waals surface area contributed by atoms with Crippen LogP contribution < -0.4 is 15.1 Å². The van der Waals surface area contributed by atoms with Crippen LogP contribution in [0.5, 0.6) is 0 Å². The largest absolute Gasteiger partial charge is 0.444 e. The van der Waals surface area contributed by atoms with Crippen LogP contribution in [0.15, 0.2) is 72.4 Å². The molecule has 1 amide bonds. The third kappa shape index (κ3) is 8.80. The summed E-state index contributed by atoms with van der Waals surface area (Å²) in [6.45, 7) is 0.744. The molecule has 0 spiro atoms. The first-order valence-electron chi connectivity index (χ1n) is 16.6. The van der Waals surface area contributed by atoms with Gasteiger partial charge in [0, 0.05) is 61.1 Å². The standard InChI is InChI=1S/C35H39F3N8O3S/c1-50-33-41-19-25(20-42-33)24-9-14-30(39-18-24)46(34(48)49-22-23-6-3-2-4-7-23)27-12-10-26(11-13-27)43-32-40-21-29(35(36,37)38)31(44-32)45-16-5-8-28(47)15-17-45/h2-4,6-7,9,14,18-21,26-28,47H,5,8,10-13,15-17,22H2,1H3,(H,40,43,44)/t26-,27-,28?. The van der Waals surface area contributed by atoms with Gasteiger partial charge >= 0.3 is 12.3 Å². The monoisotopic (exact) mass is 708 g/mol. The van der Waals surface area contributed by atoms with Crippen LogP contribution in [0.2, 0.25) is 0 Å². The summed E-state index contributed by atoms with van der Waals surface area (Å²) in [6, 6.07) is 12.7. The van der Waals surface area contributed by atoms with E-state index in [1.807, 2.05) is 42.7 Å². The molecule has 3 aromatic heterocycles. The molecule has 1 unspecified atom stereocenters. The first-order valence-corrected chi connectivity index (χ1v) is 17.9. The first-order chi connectivity index (χ1) is 24.2.